The van der Waals surface area contributed by atoms with Crippen molar-refractivity contribution >= 4 is 5.84 Å². The van der Waals surface area contributed by atoms with Gasteiger partial charge in [0, 0.05) is 17.0 Å². The van der Waals surface area contributed by atoms with Crippen LogP contribution in [0.4, 0.5) is 0 Å². The number of nitrogens with zero attached hydrogens (tertiary/aromatic N) is 1. The number of amidine groups is 1. The summed E-state index contributed by atoms with van der Waals surface area (Å²) in [5.74, 6) is 0.968. The van der Waals surface area contributed by atoms with E-state index in [1.807, 2.05) is 19.1 Å². The van der Waals surface area contributed by atoms with Crippen LogP contribution in [0.2, 0.25) is 0 Å². The molecule has 3 nitrogen and oxygen atoms in total. The fourth-order valence-electron chi connectivity index (χ4n) is 2.96. The molecule has 0 aromatic carbocycles. The van der Waals surface area contributed by atoms with Crippen molar-refractivity contribution in [2.75, 3.05) is 0 Å². The Kier molecular flexibility index (Phi) is 6.63. The van der Waals surface area contributed by atoms with Gasteiger partial charge in [-0.2, -0.15) is 0 Å². The Labute approximate surface area is 152 Å². The fourth-order valence-corrected chi connectivity index (χ4v) is 2.96. The molecule has 0 amide bonds. The van der Waals surface area contributed by atoms with E-state index in [0.717, 1.165) is 29.9 Å². The Balaban J connectivity index is 2.22. The lowest BCUT2D eigenvalue weighted by atomic mass is 10.0. The summed E-state index contributed by atoms with van der Waals surface area (Å²) in [5, 5.41) is 7.17. The zero-order chi connectivity index (χ0) is 18.3. The van der Waals surface area contributed by atoms with Gasteiger partial charge in [-0.05, 0) is 46.6 Å². The molecular formula is C22H31N3. The van der Waals surface area contributed by atoms with Crippen molar-refractivity contribution in [3.8, 4) is 0 Å². The van der Waals surface area contributed by atoms with Crippen LogP contribution in [0.1, 0.15) is 47.5 Å². The fraction of sp³-hybridized carbons (Fsp3) is 0.409. The van der Waals surface area contributed by atoms with E-state index < -0.39 is 0 Å². The number of hydrogen-bond donors (Lipinski definition) is 2. The van der Waals surface area contributed by atoms with Gasteiger partial charge in [0.2, 0.25) is 0 Å². The predicted molar refractivity (Wildman–Crippen MR) is 109 cm³/mol. The lowest BCUT2D eigenvalue weighted by molar-refractivity contribution is 0.536. The second-order valence-electron chi connectivity index (χ2n) is 6.86. The van der Waals surface area contributed by atoms with Crippen LogP contribution in [0.3, 0.4) is 0 Å². The van der Waals surface area contributed by atoms with Gasteiger partial charge >= 0.3 is 0 Å². The lowest BCUT2D eigenvalue weighted by Crippen LogP contribution is -2.38. The molecule has 0 fully saturated rings. The number of aliphatic imine (C=N–C) groups is 1. The number of hydrogen-bond acceptors (Lipinski definition) is 3. The van der Waals surface area contributed by atoms with E-state index >= 15 is 0 Å². The molecule has 0 saturated heterocycles. The summed E-state index contributed by atoms with van der Waals surface area (Å²) in [7, 11) is 0. The zero-order valence-corrected chi connectivity index (χ0v) is 16.1. The number of rotatable bonds is 7. The molecule has 2 aliphatic rings. The van der Waals surface area contributed by atoms with Crippen LogP contribution in [-0.4, -0.2) is 17.4 Å². The smallest absolute Gasteiger partial charge is 0.134 e. The van der Waals surface area contributed by atoms with E-state index in [0.29, 0.717) is 0 Å². The Morgan fingerprint density at radius 3 is 2.80 bits per heavy atom. The molecular weight excluding hydrogens is 306 g/mol. The van der Waals surface area contributed by atoms with Gasteiger partial charge in [0.1, 0.15) is 5.84 Å². The first kappa shape index (κ1) is 19.0. The molecule has 3 heteroatoms. The van der Waals surface area contributed by atoms with Crippen LogP contribution in [0, 0.1) is 0 Å². The first-order chi connectivity index (χ1) is 12.0. The maximum atomic E-state index is 4.91. The third-order valence-electron chi connectivity index (χ3n) is 4.19. The Bertz CT molecular complexity index is 682. The third kappa shape index (κ3) is 5.09. The molecule has 25 heavy (non-hydrogen) atoms. The van der Waals surface area contributed by atoms with E-state index in [1.54, 1.807) is 0 Å². The standard InChI is InChI=1S/C22H31N3/c1-6-9-12-16-22(4,5)25-18(8-3)17(13-7-2)21-23-19-14-10-11-15-20(19)24-21/h6,8-14,16,20,25H,7,15H2,1-5H3,(H,23,24)/b9-6-,16-12-,17-13+,18-8+. The highest BCUT2D eigenvalue weighted by Gasteiger charge is 2.27. The third-order valence-corrected chi connectivity index (χ3v) is 4.19. The minimum absolute atomic E-state index is 0.152. The van der Waals surface area contributed by atoms with Gasteiger partial charge in [-0.1, -0.05) is 55.5 Å². The largest absolute Gasteiger partial charge is 0.376 e. The van der Waals surface area contributed by atoms with E-state index in [4.69, 9.17) is 4.99 Å². The van der Waals surface area contributed by atoms with Crippen molar-refractivity contribution in [1.29, 1.82) is 0 Å². The van der Waals surface area contributed by atoms with Crippen molar-refractivity contribution in [3.05, 3.63) is 71.7 Å². The van der Waals surface area contributed by atoms with Gasteiger partial charge in [-0.3, -0.25) is 4.99 Å². The normalized spacial score (nSPS) is 21.4. The molecule has 2 N–H and O–H groups in total. The Hall–Kier alpha value is -2.29. The molecule has 0 bridgehead atoms. The summed E-state index contributed by atoms with van der Waals surface area (Å²) in [4.78, 5) is 4.91. The van der Waals surface area contributed by atoms with E-state index in [-0.39, 0.29) is 11.6 Å². The van der Waals surface area contributed by atoms with Crippen LogP contribution in [0.15, 0.2) is 76.6 Å². The molecule has 134 valence electrons. The quantitative estimate of drug-likeness (QED) is 0.646. The van der Waals surface area contributed by atoms with Gasteiger partial charge in [-0.25, -0.2) is 0 Å². The molecule has 2 rings (SSSR count). The molecule has 1 heterocycles. The Morgan fingerprint density at radius 2 is 2.16 bits per heavy atom. The molecule has 0 aromatic rings. The van der Waals surface area contributed by atoms with Gasteiger partial charge < -0.3 is 10.6 Å². The maximum absolute atomic E-state index is 4.91. The summed E-state index contributed by atoms with van der Waals surface area (Å²) in [5.41, 5.74) is 3.30. The van der Waals surface area contributed by atoms with Crippen molar-refractivity contribution in [2.45, 2.75) is 59.0 Å². The van der Waals surface area contributed by atoms with Crippen molar-refractivity contribution in [1.82, 2.24) is 10.6 Å². The van der Waals surface area contributed by atoms with Crippen molar-refractivity contribution in [2.24, 2.45) is 4.99 Å². The summed E-state index contributed by atoms with van der Waals surface area (Å²) in [6, 6.07) is 0.237. The number of allylic oxidation sites excluding steroid dienone is 7. The minimum Gasteiger partial charge on any atom is -0.376 e. The molecule has 1 atom stereocenters. The molecule has 0 aromatic heterocycles. The van der Waals surface area contributed by atoms with Crippen molar-refractivity contribution < 1.29 is 0 Å². The first-order valence-electron chi connectivity index (χ1n) is 9.18. The molecule has 0 saturated carbocycles. The lowest BCUT2D eigenvalue weighted by Gasteiger charge is -2.27. The Morgan fingerprint density at radius 1 is 1.36 bits per heavy atom. The molecule has 1 aliphatic carbocycles. The molecule has 1 aliphatic heterocycles. The van der Waals surface area contributed by atoms with Gasteiger partial charge in [-0.15, -0.1) is 0 Å². The van der Waals surface area contributed by atoms with Crippen molar-refractivity contribution in [3.63, 3.8) is 0 Å². The predicted octanol–water partition coefficient (Wildman–Crippen LogP) is 4.94. The van der Waals surface area contributed by atoms with Crippen LogP contribution in [0.25, 0.3) is 0 Å². The summed E-state index contributed by atoms with van der Waals surface area (Å²) in [6.45, 7) is 10.6. The summed E-state index contributed by atoms with van der Waals surface area (Å²) < 4.78 is 0. The van der Waals surface area contributed by atoms with E-state index in [1.165, 1.54) is 5.70 Å². The summed E-state index contributed by atoms with van der Waals surface area (Å²) >= 11 is 0. The molecule has 1 unspecified atom stereocenters. The highest BCUT2D eigenvalue weighted by molar-refractivity contribution is 6.04. The van der Waals surface area contributed by atoms with E-state index in [9.17, 15) is 0 Å². The molecule has 0 radical (unpaired) electrons. The first-order valence-corrected chi connectivity index (χ1v) is 9.18. The average Bonchev–Trinajstić information content (AvgIpc) is 3.01. The van der Waals surface area contributed by atoms with E-state index in [2.05, 4.69) is 80.9 Å². The van der Waals surface area contributed by atoms with Gasteiger partial charge in [0.25, 0.3) is 0 Å². The average molecular weight is 338 g/mol. The summed E-state index contributed by atoms with van der Waals surface area (Å²) in [6.07, 6.45) is 21.1. The van der Waals surface area contributed by atoms with Gasteiger partial charge in [0.05, 0.1) is 11.6 Å². The second-order valence-corrected chi connectivity index (χ2v) is 6.86. The number of nitrogens with one attached hydrogen (secondary N) is 2. The highest BCUT2D eigenvalue weighted by atomic mass is 15.1. The van der Waals surface area contributed by atoms with Crippen LogP contribution in [0.5, 0.6) is 0 Å². The minimum atomic E-state index is -0.152. The zero-order valence-electron chi connectivity index (χ0n) is 16.1. The molecule has 0 spiro atoms. The topological polar surface area (TPSA) is 36.4 Å². The number of fused-ring (bicyclic) bond motifs is 1. The van der Waals surface area contributed by atoms with Crippen LogP contribution < -0.4 is 10.6 Å². The van der Waals surface area contributed by atoms with Gasteiger partial charge in [0.15, 0.2) is 0 Å². The second kappa shape index (κ2) is 8.70. The highest BCUT2D eigenvalue weighted by Crippen LogP contribution is 2.24. The SMILES string of the molecule is C/C=C\C=C/C(C)(C)NC(=C/C)/C(=C\CC)C1=NC2CC=CC=C2N1. The monoisotopic (exact) mass is 337 g/mol. The van der Waals surface area contributed by atoms with Crippen LogP contribution in [-0.2, 0) is 0 Å². The van der Waals surface area contributed by atoms with Crippen LogP contribution >= 0.6 is 0 Å². The maximum Gasteiger partial charge on any atom is 0.134 e.